The maximum absolute atomic E-state index is 12.6. The number of aromatic amines is 1. The van der Waals surface area contributed by atoms with Gasteiger partial charge in [-0.05, 0) is 44.2 Å². The van der Waals surface area contributed by atoms with Gasteiger partial charge in [0.15, 0.2) is 5.13 Å². The monoisotopic (exact) mass is 452 g/mol. The van der Waals surface area contributed by atoms with Gasteiger partial charge in [0.1, 0.15) is 23.8 Å². The minimum atomic E-state index is -0.459. The number of rotatable bonds is 7. The lowest BCUT2D eigenvalue weighted by Gasteiger charge is -2.07. The third-order valence-electron chi connectivity index (χ3n) is 4.79. The van der Waals surface area contributed by atoms with Gasteiger partial charge in [0.2, 0.25) is 0 Å². The number of amides is 1. The van der Waals surface area contributed by atoms with Crippen LogP contribution in [0.3, 0.4) is 0 Å². The first-order chi connectivity index (χ1) is 15.4. The predicted molar refractivity (Wildman–Crippen MR) is 118 cm³/mol. The summed E-state index contributed by atoms with van der Waals surface area (Å²) in [6.45, 7) is 4.04. The first kappa shape index (κ1) is 21.3. The first-order valence-corrected chi connectivity index (χ1v) is 10.5. The maximum Gasteiger partial charge on any atom is 0.354 e. The maximum atomic E-state index is 12.6. The number of benzene rings is 1. The lowest BCUT2D eigenvalue weighted by Crippen LogP contribution is -2.11. The van der Waals surface area contributed by atoms with E-state index < -0.39 is 5.97 Å². The van der Waals surface area contributed by atoms with Crippen LogP contribution in [0.25, 0.3) is 11.3 Å². The van der Waals surface area contributed by atoms with Gasteiger partial charge < -0.3 is 19.0 Å². The SMILES string of the molecule is COC(=O)c1cc(-c2csc(NC(=O)c3ccc(OCc4c(C)noc4C)cc3)n2)c[nH]1. The van der Waals surface area contributed by atoms with Crippen molar-refractivity contribution in [3.8, 4) is 17.0 Å². The standard InChI is InChI=1S/C22H20N4O5S/c1-12-17(13(2)31-26-12)10-30-16-6-4-14(5-7-16)20(27)25-22-24-19(11-32-22)15-8-18(23-9-15)21(28)29-3/h4-9,11,23H,10H2,1-3H3,(H,24,25,27). The van der Waals surface area contributed by atoms with Crippen LogP contribution in [0.15, 0.2) is 46.4 Å². The highest BCUT2D eigenvalue weighted by atomic mass is 32.1. The minimum absolute atomic E-state index is 0.285. The molecule has 0 saturated carbocycles. The Bertz CT molecular complexity index is 1240. The van der Waals surface area contributed by atoms with Crippen LogP contribution in [0.4, 0.5) is 5.13 Å². The summed E-state index contributed by atoms with van der Waals surface area (Å²) in [6, 6.07) is 8.47. The summed E-state index contributed by atoms with van der Waals surface area (Å²) < 4.78 is 15.6. The summed E-state index contributed by atoms with van der Waals surface area (Å²) in [5, 5.41) is 8.93. The van der Waals surface area contributed by atoms with Crippen LogP contribution in [0, 0.1) is 13.8 Å². The molecule has 9 nitrogen and oxygen atoms in total. The Morgan fingerprint density at radius 2 is 2.00 bits per heavy atom. The summed E-state index contributed by atoms with van der Waals surface area (Å²) in [5.41, 5.74) is 3.87. The van der Waals surface area contributed by atoms with E-state index in [9.17, 15) is 9.59 Å². The molecule has 0 unspecified atom stereocenters. The number of carbonyl (C=O) groups is 2. The first-order valence-electron chi connectivity index (χ1n) is 9.63. The van der Waals surface area contributed by atoms with Crippen molar-refractivity contribution in [2.45, 2.75) is 20.5 Å². The van der Waals surface area contributed by atoms with Crippen molar-refractivity contribution in [1.82, 2.24) is 15.1 Å². The molecular weight excluding hydrogens is 432 g/mol. The highest BCUT2D eigenvalue weighted by Gasteiger charge is 2.14. The summed E-state index contributed by atoms with van der Waals surface area (Å²) in [4.78, 5) is 31.4. The molecule has 10 heteroatoms. The van der Waals surface area contributed by atoms with Crippen LogP contribution in [0.5, 0.6) is 5.75 Å². The van der Waals surface area contributed by atoms with Crippen LogP contribution in [0.2, 0.25) is 0 Å². The van der Waals surface area contributed by atoms with E-state index in [0.717, 1.165) is 22.6 Å². The highest BCUT2D eigenvalue weighted by Crippen LogP contribution is 2.26. The number of carbonyl (C=O) groups excluding carboxylic acids is 2. The average molecular weight is 452 g/mol. The van der Waals surface area contributed by atoms with Crippen molar-refractivity contribution in [2.75, 3.05) is 12.4 Å². The number of thiazole rings is 1. The molecule has 0 aliphatic heterocycles. The van der Waals surface area contributed by atoms with Gasteiger partial charge in [0, 0.05) is 22.7 Å². The number of esters is 1. The number of H-pyrrole nitrogens is 1. The lowest BCUT2D eigenvalue weighted by molar-refractivity contribution is 0.0594. The van der Waals surface area contributed by atoms with Gasteiger partial charge in [-0.3, -0.25) is 10.1 Å². The molecule has 2 N–H and O–H groups in total. The van der Waals surface area contributed by atoms with E-state index in [1.807, 2.05) is 13.8 Å². The quantitative estimate of drug-likeness (QED) is 0.400. The number of methoxy groups -OCH3 is 1. The zero-order valence-electron chi connectivity index (χ0n) is 17.6. The molecule has 164 valence electrons. The van der Waals surface area contributed by atoms with Crippen LogP contribution in [0.1, 0.15) is 37.9 Å². The van der Waals surface area contributed by atoms with Gasteiger partial charge in [-0.1, -0.05) is 5.16 Å². The van der Waals surface area contributed by atoms with Crippen molar-refractivity contribution in [1.29, 1.82) is 0 Å². The number of hydrogen-bond acceptors (Lipinski definition) is 8. The Kier molecular flexibility index (Phi) is 6.04. The third kappa shape index (κ3) is 4.54. The summed E-state index contributed by atoms with van der Waals surface area (Å²) >= 11 is 1.29. The Morgan fingerprint density at radius 1 is 1.22 bits per heavy atom. The zero-order chi connectivity index (χ0) is 22.7. The van der Waals surface area contributed by atoms with Crippen molar-refractivity contribution in [2.24, 2.45) is 0 Å². The van der Waals surface area contributed by atoms with E-state index >= 15 is 0 Å². The number of aromatic nitrogens is 3. The number of nitrogens with one attached hydrogen (secondary N) is 2. The van der Waals surface area contributed by atoms with Gasteiger partial charge in [-0.25, -0.2) is 9.78 Å². The summed E-state index contributed by atoms with van der Waals surface area (Å²) in [6.07, 6.45) is 1.66. The van der Waals surface area contributed by atoms with E-state index in [1.165, 1.54) is 18.4 Å². The molecule has 3 aromatic heterocycles. The molecule has 0 fully saturated rings. The van der Waals surface area contributed by atoms with Gasteiger partial charge in [0.05, 0.1) is 24.1 Å². The van der Waals surface area contributed by atoms with Gasteiger partial charge in [-0.15, -0.1) is 11.3 Å². The smallest absolute Gasteiger partial charge is 0.354 e. The largest absolute Gasteiger partial charge is 0.489 e. The van der Waals surface area contributed by atoms with Crippen molar-refractivity contribution >= 4 is 28.3 Å². The molecule has 32 heavy (non-hydrogen) atoms. The highest BCUT2D eigenvalue weighted by molar-refractivity contribution is 7.14. The fourth-order valence-electron chi connectivity index (χ4n) is 2.97. The Labute approximate surface area is 187 Å². The molecule has 3 heterocycles. The Hall–Kier alpha value is -3.92. The molecule has 0 spiro atoms. The molecule has 4 aromatic rings. The Balaban J connectivity index is 1.37. The molecule has 1 aromatic carbocycles. The number of ether oxygens (including phenoxy) is 2. The van der Waals surface area contributed by atoms with Crippen LogP contribution >= 0.6 is 11.3 Å². The van der Waals surface area contributed by atoms with Crippen molar-refractivity contribution < 1.29 is 23.6 Å². The minimum Gasteiger partial charge on any atom is -0.489 e. The third-order valence-corrected chi connectivity index (χ3v) is 5.55. The van der Waals surface area contributed by atoms with Gasteiger partial charge in [-0.2, -0.15) is 0 Å². The molecule has 4 rings (SSSR count). The fourth-order valence-corrected chi connectivity index (χ4v) is 3.68. The second-order valence-electron chi connectivity index (χ2n) is 6.90. The van der Waals surface area contributed by atoms with E-state index in [1.54, 1.807) is 41.9 Å². The van der Waals surface area contributed by atoms with Crippen molar-refractivity contribution in [3.63, 3.8) is 0 Å². The molecular formula is C22H20N4O5S. The van der Waals surface area contributed by atoms with Crippen LogP contribution < -0.4 is 10.1 Å². The number of nitrogens with zero attached hydrogens (tertiary/aromatic N) is 2. The normalized spacial score (nSPS) is 10.7. The van der Waals surface area contributed by atoms with E-state index in [-0.39, 0.29) is 5.91 Å². The van der Waals surface area contributed by atoms with Gasteiger partial charge >= 0.3 is 5.97 Å². The van der Waals surface area contributed by atoms with E-state index in [0.29, 0.717) is 34.4 Å². The molecule has 0 atom stereocenters. The number of hydrogen-bond donors (Lipinski definition) is 2. The van der Waals surface area contributed by atoms with Crippen LogP contribution in [-0.4, -0.2) is 34.1 Å². The fraction of sp³-hybridized carbons (Fsp3) is 0.182. The summed E-state index contributed by atoms with van der Waals surface area (Å²) in [7, 11) is 1.32. The van der Waals surface area contributed by atoms with Crippen molar-refractivity contribution in [3.05, 3.63) is 70.2 Å². The number of anilines is 1. The molecule has 0 aliphatic rings. The average Bonchev–Trinajstić information content (AvgIpc) is 3.53. The second-order valence-corrected chi connectivity index (χ2v) is 7.76. The topological polar surface area (TPSA) is 119 Å². The van der Waals surface area contributed by atoms with Crippen LogP contribution in [-0.2, 0) is 11.3 Å². The lowest BCUT2D eigenvalue weighted by atomic mass is 10.2. The van der Waals surface area contributed by atoms with E-state index in [2.05, 4.69) is 25.2 Å². The second kappa shape index (κ2) is 9.06. The summed E-state index contributed by atoms with van der Waals surface area (Å²) in [5.74, 6) is 0.612. The van der Waals surface area contributed by atoms with Gasteiger partial charge in [0.25, 0.3) is 5.91 Å². The number of aryl methyl sites for hydroxylation is 2. The predicted octanol–water partition coefficient (Wildman–Crippen LogP) is 4.36. The molecule has 0 bridgehead atoms. The van der Waals surface area contributed by atoms with E-state index in [4.69, 9.17) is 9.26 Å². The Morgan fingerprint density at radius 3 is 2.69 bits per heavy atom. The zero-order valence-corrected chi connectivity index (χ0v) is 18.4. The molecule has 0 radical (unpaired) electrons. The molecule has 0 saturated heterocycles. The molecule has 0 aliphatic carbocycles. The molecule has 1 amide bonds.